The number of hydrogen-bond acceptors (Lipinski definition) is 4. The minimum atomic E-state index is -0.0343. The molecule has 7 heteroatoms. The molecule has 1 saturated heterocycles. The van der Waals surface area contributed by atoms with Gasteiger partial charge in [-0.1, -0.05) is 0 Å². The fourth-order valence-electron chi connectivity index (χ4n) is 3.62. The molecule has 144 valence electrons. The molecular formula is C20H25N3O4. The number of carbonyl (C=O) groups is 3. The van der Waals surface area contributed by atoms with Crippen molar-refractivity contribution < 1.29 is 19.1 Å². The number of benzene rings is 1. The Hall–Kier alpha value is -2.57. The van der Waals surface area contributed by atoms with Crippen LogP contribution >= 0.6 is 0 Å². The summed E-state index contributed by atoms with van der Waals surface area (Å²) in [5.41, 5.74) is 1.85. The lowest BCUT2D eigenvalue weighted by Crippen LogP contribution is -2.48. The van der Waals surface area contributed by atoms with E-state index in [-0.39, 0.29) is 36.3 Å². The van der Waals surface area contributed by atoms with Gasteiger partial charge in [-0.15, -0.1) is 0 Å². The minimum Gasteiger partial charge on any atom is -0.484 e. The molecule has 0 bridgehead atoms. The van der Waals surface area contributed by atoms with Crippen molar-refractivity contribution in [2.45, 2.75) is 44.6 Å². The Morgan fingerprint density at radius 3 is 2.67 bits per heavy atom. The third kappa shape index (κ3) is 4.40. The van der Waals surface area contributed by atoms with E-state index in [4.69, 9.17) is 4.74 Å². The summed E-state index contributed by atoms with van der Waals surface area (Å²) < 4.78 is 5.67. The monoisotopic (exact) mass is 371 g/mol. The van der Waals surface area contributed by atoms with Crippen molar-refractivity contribution in [1.82, 2.24) is 10.2 Å². The fourth-order valence-corrected chi connectivity index (χ4v) is 3.62. The maximum atomic E-state index is 12.4. The molecule has 0 unspecified atom stereocenters. The molecule has 1 saturated carbocycles. The second-order valence-electron chi connectivity index (χ2n) is 7.59. The highest BCUT2D eigenvalue weighted by atomic mass is 16.5. The maximum absolute atomic E-state index is 12.4. The van der Waals surface area contributed by atoms with Crippen molar-refractivity contribution in [2.24, 2.45) is 5.92 Å². The predicted octanol–water partition coefficient (Wildman–Crippen LogP) is 1.47. The first-order valence-electron chi connectivity index (χ1n) is 9.72. The molecule has 4 rings (SSSR count). The van der Waals surface area contributed by atoms with E-state index in [1.54, 1.807) is 11.0 Å². The summed E-state index contributed by atoms with van der Waals surface area (Å²) in [7, 11) is 0. The minimum absolute atomic E-state index is 0.00421. The number of aryl methyl sites for hydroxylation is 1. The lowest BCUT2D eigenvalue weighted by Gasteiger charge is -2.32. The molecule has 3 amide bonds. The first-order chi connectivity index (χ1) is 13.1. The zero-order valence-electron chi connectivity index (χ0n) is 15.3. The van der Waals surface area contributed by atoms with E-state index in [0.29, 0.717) is 31.7 Å². The Morgan fingerprint density at radius 2 is 1.93 bits per heavy atom. The number of rotatable bonds is 5. The Bertz CT molecular complexity index is 752. The second-order valence-corrected chi connectivity index (χ2v) is 7.59. The summed E-state index contributed by atoms with van der Waals surface area (Å²) in [5, 5.41) is 5.92. The van der Waals surface area contributed by atoms with Crippen molar-refractivity contribution >= 4 is 23.4 Å². The molecule has 2 heterocycles. The average molecular weight is 371 g/mol. The van der Waals surface area contributed by atoms with Crippen LogP contribution in [-0.4, -0.2) is 48.4 Å². The fraction of sp³-hybridized carbons (Fsp3) is 0.550. The predicted molar refractivity (Wildman–Crippen MR) is 99.4 cm³/mol. The third-order valence-corrected chi connectivity index (χ3v) is 5.48. The molecule has 7 nitrogen and oxygen atoms in total. The Labute approximate surface area is 158 Å². The van der Waals surface area contributed by atoms with Crippen molar-refractivity contribution in [3.8, 4) is 5.75 Å². The van der Waals surface area contributed by atoms with Crippen molar-refractivity contribution in [3.05, 3.63) is 23.8 Å². The number of likely N-dealkylation sites (tertiary alicyclic amines) is 1. The largest absolute Gasteiger partial charge is 0.484 e. The first-order valence-corrected chi connectivity index (χ1v) is 9.72. The molecular weight excluding hydrogens is 346 g/mol. The zero-order chi connectivity index (χ0) is 18.8. The van der Waals surface area contributed by atoms with Gasteiger partial charge in [-0.2, -0.15) is 0 Å². The maximum Gasteiger partial charge on any atom is 0.260 e. The summed E-state index contributed by atoms with van der Waals surface area (Å²) in [6.07, 6.45) is 4.77. The summed E-state index contributed by atoms with van der Waals surface area (Å²) in [6.45, 7) is 1.30. The SMILES string of the molecule is O=C1CCc2cc(OCC(=O)N3CCC(NC(=O)C4CC4)CC3)ccc2N1. The number of nitrogens with zero attached hydrogens (tertiary/aromatic N) is 1. The van der Waals surface area contributed by atoms with Gasteiger partial charge in [0.1, 0.15) is 5.75 Å². The van der Waals surface area contributed by atoms with E-state index in [1.807, 2.05) is 12.1 Å². The average Bonchev–Trinajstić information content (AvgIpc) is 3.52. The Kier molecular flexibility index (Phi) is 5.01. The van der Waals surface area contributed by atoms with Crippen LogP contribution in [0.4, 0.5) is 5.69 Å². The van der Waals surface area contributed by atoms with E-state index in [1.165, 1.54) is 0 Å². The van der Waals surface area contributed by atoms with Crippen molar-refractivity contribution in [3.63, 3.8) is 0 Å². The van der Waals surface area contributed by atoms with Gasteiger partial charge in [-0.05, 0) is 55.9 Å². The van der Waals surface area contributed by atoms with Gasteiger partial charge < -0.3 is 20.3 Å². The van der Waals surface area contributed by atoms with E-state index in [2.05, 4.69) is 10.6 Å². The van der Waals surface area contributed by atoms with Crippen LogP contribution in [0.15, 0.2) is 18.2 Å². The molecule has 2 aliphatic heterocycles. The highest BCUT2D eigenvalue weighted by Gasteiger charge is 2.32. The Morgan fingerprint density at radius 1 is 1.15 bits per heavy atom. The van der Waals surface area contributed by atoms with E-state index in [9.17, 15) is 14.4 Å². The van der Waals surface area contributed by atoms with Crippen molar-refractivity contribution in [1.29, 1.82) is 0 Å². The van der Waals surface area contributed by atoms with Gasteiger partial charge in [0.25, 0.3) is 5.91 Å². The van der Waals surface area contributed by atoms with Gasteiger partial charge in [0.15, 0.2) is 6.61 Å². The number of hydrogen-bond donors (Lipinski definition) is 2. The zero-order valence-corrected chi connectivity index (χ0v) is 15.3. The molecule has 27 heavy (non-hydrogen) atoms. The van der Waals surface area contributed by atoms with Crippen LogP contribution in [0.2, 0.25) is 0 Å². The van der Waals surface area contributed by atoms with Crippen LogP contribution in [0, 0.1) is 5.92 Å². The van der Waals surface area contributed by atoms with Gasteiger partial charge in [-0.25, -0.2) is 0 Å². The molecule has 1 aromatic carbocycles. The van der Waals surface area contributed by atoms with Crippen LogP contribution in [0.1, 0.15) is 37.7 Å². The van der Waals surface area contributed by atoms with Gasteiger partial charge in [0.2, 0.25) is 11.8 Å². The number of anilines is 1. The molecule has 0 radical (unpaired) electrons. The number of ether oxygens (including phenoxy) is 1. The third-order valence-electron chi connectivity index (χ3n) is 5.48. The van der Waals surface area contributed by atoms with Crippen LogP contribution in [0.5, 0.6) is 5.75 Å². The summed E-state index contributed by atoms with van der Waals surface area (Å²) in [6, 6.07) is 5.66. The van der Waals surface area contributed by atoms with Gasteiger partial charge >= 0.3 is 0 Å². The van der Waals surface area contributed by atoms with E-state index < -0.39 is 0 Å². The molecule has 1 aliphatic carbocycles. The summed E-state index contributed by atoms with van der Waals surface area (Å²) in [5.74, 6) is 1.04. The number of piperidine rings is 1. The van der Waals surface area contributed by atoms with Crippen LogP contribution in [0.3, 0.4) is 0 Å². The molecule has 0 atom stereocenters. The Balaban J connectivity index is 1.23. The van der Waals surface area contributed by atoms with Crippen LogP contribution in [-0.2, 0) is 20.8 Å². The van der Waals surface area contributed by atoms with E-state index in [0.717, 1.165) is 36.9 Å². The molecule has 0 spiro atoms. The topological polar surface area (TPSA) is 87.7 Å². The van der Waals surface area contributed by atoms with Crippen molar-refractivity contribution in [2.75, 3.05) is 25.0 Å². The van der Waals surface area contributed by atoms with Gasteiger partial charge in [0.05, 0.1) is 0 Å². The first kappa shape index (κ1) is 17.8. The van der Waals surface area contributed by atoms with Gasteiger partial charge in [-0.3, -0.25) is 14.4 Å². The highest BCUT2D eigenvalue weighted by molar-refractivity contribution is 5.94. The molecule has 1 aromatic rings. The standard InChI is InChI=1S/C20H25N3O4/c24-18-6-3-14-11-16(4-5-17(14)22-18)27-12-19(25)23-9-7-15(8-10-23)21-20(26)13-1-2-13/h4-5,11,13,15H,1-3,6-10,12H2,(H,21,26)(H,22,24). The quantitative estimate of drug-likeness (QED) is 0.820. The number of carbonyl (C=O) groups excluding carboxylic acids is 3. The molecule has 2 fully saturated rings. The molecule has 2 N–H and O–H groups in total. The van der Waals surface area contributed by atoms with Gasteiger partial charge in [0, 0.05) is 37.2 Å². The van der Waals surface area contributed by atoms with Crippen LogP contribution < -0.4 is 15.4 Å². The van der Waals surface area contributed by atoms with Crippen LogP contribution in [0.25, 0.3) is 0 Å². The summed E-state index contributed by atoms with van der Waals surface area (Å²) in [4.78, 5) is 37.4. The number of fused-ring (bicyclic) bond motifs is 1. The second kappa shape index (κ2) is 7.58. The summed E-state index contributed by atoms with van der Waals surface area (Å²) >= 11 is 0. The number of amides is 3. The molecule has 3 aliphatic rings. The smallest absolute Gasteiger partial charge is 0.260 e. The lowest BCUT2D eigenvalue weighted by molar-refractivity contribution is -0.134. The van der Waals surface area contributed by atoms with E-state index >= 15 is 0 Å². The lowest BCUT2D eigenvalue weighted by atomic mass is 10.0. The highest BCUT2D eigenvalue weighted by Crippen LogP contribution is 2.29. The molecule has 0 aromatic heterocycles. The number of nitrogens with one attached hydrogen (secondary N) is 2. The normalized spacial score (nSPS) is 19.9.